The molecule has 0 spiro atoms. The molecule has 0 radical (unpaired) electrons. The van der Waals surface area contributed by atoms with Crippen LogP contribution in [0.4, 0.5) is 0 Å². The van der Waals surface area contributed by atoms with Crippen LogP contribution in [0.15, 0.2) is 0 Å². The molecule has 0 heterocycles. The van der Waals surface area contributed by atoms with Crippen molar-refractivity contribution in [2.24, 2.45) is 0 Å². The molecule has 0 aliphatic carbocycles. The number of ether oxygens (including phenoxy) is 4. The molecule has 0 saturated heterocycles. The number of methoxy groups -OCH3 is 4. The van der Waals surface area contributed by atoms with E-state index in [2.05, 4.69) is 0 Å². The van der Waals surface area contributed by atoms with Crippen LogP contribution < -0.4 is 0 Å². The Balaban J connectivity index is 5.94. The van der Waals surface area contributed by atoms with E-state index in [9.17, 15) is 0 Å². The first-order chi connectivity index (χ1) is 14.0. The van der Waals surface area contributed by atoms with E-state index in [0.29, 0.717) is 26.4 Å². The van der Waals surface area contributed by atoms with Gasteiger partial charge in [0.15, 0.2) is 0 Å². The molecule has 0 aliphatic rings. The Bertz CT molecular complexity index is 305. The molecule has 0 aliphatic heterocycles. The van der Waals surface area contributed by atoms with Gasteiger partial charge in [-0.15, -0.1) is 0 Å². The van der Waals surface area contributed by atoms with Crippen molar-refractivity contribution in [3.63, 3.8) is 0 Å². The van der Waals surface area contributed by atoms with E-state index < -0.39 is 21.7 Å². The van der Waals surface area contributed by atoms with Gasteiger partial charge in [0.25, 0.3) is 0 Å². The maximum atomic E-state index is 6.53. The Morgan fingerprint density at radius 2 is 0.655 bits per heavy atom. The summed E-state index contributed by atoms with van der Waals surface area (Å²) >= 11 is -4.73. The van der Waals surface area contributed by atoms with Crippen molar-refractivity contribution < 1.29 is 52.1 Å². The second-order valence-corrected chi connectivity index (χ2v) is 13.9. The molecule has 9 heteroatoms. The van der Waals surface area contributed by atoms with E-state index in [0.717, 1.165) is 25.7 Å². The zero-order valence-corrected chi connectivity index (χ0v) is 23.3. The van der Waals surface area contributed by atoms with Crippen molar-refractivity contribution in [2.75, 3.05) is 54.9 Å². The molecule has 0 fully saturated rings. The molecule has 4 unspecified atom stereocenters. The fourth-order valence-electron chi connectivity index (χ4n) is 2.67. The van der Waals surface area contributed by atoms with Gasteiger partial charge in [-0.05, 0) is 0 Å². The van der Waals surface area contributed by atoms with Crippen molar-refractivity contribution in [1.82, 2.24) is 0 Å². The van der Waals surface area contributed by atoms with Crippen molar-refractivity contribution in [3.05, 3.63) is 0 Å². The van der Waals surface area contributed by atoms with Crippen LogP contribution in [-0.4, -0.2) is 79.3 Å². The molecule has 0 saturated carbocycles. The summed E-state index contributed by atoms with van der Waals surface area (Å²) in [5.74, 6) is 0. The van der Waals surface area contributed by atoms with Gasteiger partial charge < -0.3 is 0 Å². The van der Waals surface area contributed by atoms with E-state index in [1.165, 1.54) is 0 Å². The summed E-state index contributed by atoms with van der Waals surface area (Å²) < 4.78 is 47.5. The van der Waals surface area contributed by atoms with E-state index in [1.807, 2.05) is 27.7 Å². The van der Waals surface area contributed by atoms with Crippen LogP contribution in [0.1, 0.15) is 53.4 Å². The third-order valence-electron chi connectivity index (χ3n) is 4.48. The summed E-state index contributed by atoms with van der Waals surface area (Å²) in [6.07, 6.45) is 2.32. The van der Waals surface area contributed by atoms with Gasteiger partial charge in [0.2, 0.25) is 0 Å². The molecule has 0 rings (SSSR count). The molecule has 8 nitrogen and oxygen atoms in total. The third-order valence-corrected chi connectivity index (χ3v) is 13.4. The van der Waals surface area contributed by atoms with Crippen molar-refractivity contribution >= 4 is 0 Å². The first-order valence-electron chi connectivity index (χ1n) is 10.6. The Hall–Kier alpha value is 0.550. The SMILES string of the molecule is CCC(COC)[O][Hf]([O]C(CC)COC)([O]C(CC)COC)[O]C(CC)COC. The maximum absolute atomic E-state index is 6.53. The zero-order valence-electron chi connectivity index (χ0n) is 19.7. The normalized spacial score (nSPS) is 18.2. The Labute approximate surface area is 184 Å². The van der Waals surface area contributed by atoms with Gasteiger partial charge in [-0.3, -0.25) is 0 Å². The predicted molar refractivity (Wildman–Crippen MR) is 108 cm³/mol. The molecule has 0 amide bonds. The van der Waals surface area contributed by atoms with Crippen molar-refractivity contribution in [1.29, 1.82) is 0 Å². The summed E-state index contributed by atoms with van der Waals surface area (Å²) in [5.41, 5.74) is 0. The van der Waals surface area contributed by atoms with E-state index in [4.69, 9.17) is 30.4 Å². The summed E-state index contributed by atoms with van der Waals surface area (Å²) in [7, 11) is 6.64. The van der Waals surface area contributed by atoms with Crippen molar-refractivity contribution in [3.8, 4) is 0 Å². The average molecular weight is 591 g/mol. The van der Waals surface area contributed by atoms with Gasteiger partial charge in [0.05, 0.1) is 0 Å². The molecule has 0 N–H and O–H groups in total. The summed E-state index contributed by atoms with van der Waals surface area (Å²) in [5, 5.41) is 0. The van der Waals surface area contributed by atoms with Crippen LogP contribution in [0.5, 0.6) is 0 Å². The Morgan fingerprint density at radius 1 is 0.448 bits per heavy atom. The monoisotopic (exact) mass is 592 g/mol. The first kappa shape index (κ1) is 29.6. The molecule has 0 aromatic heterocycles. The summed E-state index contributed by atoms with van der Waals surface area (Å²) in [6.45, 7) is 9.97. The Kier molecular flexibility index (Phi) is 18.5. The molecule has 4 atom stereocenters. The molecule has 0 aromatic carbocycles. The summed E-state index contributed by atoms with van der Waals surface area (Å²) in [4.78, 5) is 0. The molecule has 29 heavy (non-hydrogen) atoms. The van der Waals surface area contributed by atoms with Gasteiger partial charge in [0, 0.05) is 0 Å². The minimum absolute atomic E-state index is 0.179. The standard InChI is InChI=1S/4C5H11O2.Hf/c4*1-3-5(6)4-7-2;/h4*5H,3-4H2,1-2H3;/q4*-1;+4. The third kappa shape index (κ3) is 12.2. The fourth-order valence-corrected chi connectivity index (χ4v) is 13.1. The molecular formula is C20H44HfO8. The van der Waals surface area contributed by atoms with Gasteiger partial charge in [-0.25, -0.2) is 0 Å². The zero-order chi connectivity index (χ0) is 22.1. The number of rotatable bonds is 20. The van der Waals surface area contributed by atoms with Crippen LogP contribution in [0, 0.1) is 0 Å². The van der Waals surface area contributed by atoms with Crippen LogP contribution in [0.25, 0.3) is 0 Å². The van der Waals surface area contributed by atoms with E-state index >= 15 is 0 Å². The predicted octanol–water partition coefficient (Wildman–Crippen LogP) is 3.57. The average Bonchev–Trinajstić information content (AvgIpc) is 2.72. The molecule has 176 valence electrons. The van der Waals surface area contributed by atoms with Crippen LogP contribution in [-0.2, 0) is 52.1 Å². The van der Waals surface area contributed by atoms with E-state index in [-0.39, 0.29) is 24.4 Å². The summed E-state index contributed by atoms with van der Waals surface area (Å²) in [6, 6.07) is 0. The first-order valence-corrected chi connectivity index (χ1v) is 16.5. The second kappa shape index (κ2) is 18.2. The van der Waals surface area contributed by atoms with Crippen LogP contribution in [0.2, 0.25) is 0 Å². The molecular weight excluding hydrogens is 547 g/mol. The topological polar surface area (TPSA) is 73.8 Å². The van der Waals surface area contributed by atoms with Gasteiger partial charge >= 0.3 is 185 Å². The molecule has 0 bridgehead atoms. The van der Waals surface area contributed by atoms with Gasteiger partial charge in [-0.2, -0.15) is 0 Å². The number of hydrogen-bond acceptors (Lipinski definition) is 8. The fraction of sp³-hybridized carbons (Fsp3) is 1.00. The quantitative estimate of drug-likeness (QED) is 0.199. The van der Waals surface area contributed by atoms with Gasteiger partial charge in [0.1, 0.15) is 0 Å². The van der Waals surface area contributed by atoms with Crippen LogP contribution in [0.3, 0.4) is 0 Å². The minimum atomic E-state index is -4.73. The second-order valence-electron chi connectivity index (χ2n) is 6.91. The Morgan fingerprint density at radius 3 is 0.793 bits per heavy atom. The van der Waals surface area contributed by atoms with E-state index in [1.54, 1.807) is 28.4 Å². The molecule has 0 aromatic rings. The number of hydrogen-bond donors (Lipinski definition) is 0. The van der Waals surface area contributed by atoms with Crippen LogP contribution >= 0.6 is 0 Å². The van der Waals surface area contributed by atoms with Crippen molar-refractivity contribution in [2.45, 2.75) is 77.8 Å². The van der Waals surface area contributed by atoms with Gasteiger partial charge in [-0.1, -0.05) is 0 Å².